The van der Waals surface area contributed by atoms with Crippen LogP contribution in [0.25, 0.3) is 0 Å². The van der Waals surface area contributed by atoms with E-state index in [1.54, 1.807) is 24.3 Å². The summed E-state index contributed by atoms with van der Waals surface area (Å²) < 4.78 is 10.4. The van der Waals surface area contributed by atoms with Gasteiger partial charge in [-0.3, -0.25) is 19.2 Å². The smallest absolute Gasteiger partial charge is 0.311 e. The number of para-hydroxylation sites is 2. The van der Waals surface area contributed by atoms with Crippen LogP contribution in [-0.2, 0) is 23.9 Å². The second-order valence-electron chi connectivity index (χ2n) is 7.28. The number of nitrogens with zero attached hydrogens (tertiary/aromatic N) is 2. The van der Waals surface area contributed by atoms with Crippen LogP contribution in [-0.4, -0.2) is 68.5 Å². The van der Waals surface area contributed by atoms with Crippen molar-refractivity contribution in [3.8, 4) is 5.75 Å². The van der Waals surface area contributed by atoms with Crippen LogP contribution in [0, 0.1) is 5.92 Å². The molecule has 1 N–H and O–H groups in total. The Hall–Kier alpha value is -3.10. The van der Waals surface area contributed by atoms with Gasteiger partial charge < -0.3 is 24.6 Å². The monoisotopic (exact) mass is 403 g/mol. The standard InChI is InChI=1S/C20H25N3O6/c1-22(11-17(24)21-14-7-8-14)19(26)12-29-20(27)13-9-18(25)23(10-13)15-5-3-4-6-16(15)28-2/h3-6,13-14H,7-12H2,1-2H3,(H,21,24)/t13-/m1/s1. The Morgan fingerprint density at radius 3 is 2.66 bits per heavy atom. The van der Waals surface area contributed by atoms with E-state index >= 15 is 0 Å². The van der Waals surface area contributed by atoms with E-state index in [1.807, 2.05) is 0 Å². The van der Waals surface area contributed by atoms with E-state index < -0.39 is 24.4 Å². The summed E-state index contributed by atoms with van der Waals surface area (Å²) in [7, 11) is 2.99. The molecule has 0 aromatic heterocycles. The predicted molar refractivity (Wildman–Crippen MR) is 103 cm³/mol. The quantitative estimate of drug-likeness (QED) is 0.627. The highest BCUT2D eigenvalue weighted by molar-refractivity contribution is 6.00. The number of ether oxygens (including phenoxy) is 2. The number of likely N-dealkylation sites (N-methyl/N-ethyl adjacent to an activating group) is 1. The van der Waals surface area contributed by atoms with Crippen molar-refractivity contribution in [3.05, 3.63) is 24.3 Å². The Bertz CT molecular complexity index is 807. The number of esters is 1. The molecule has 2 aliphatic rings. The second-order valence-corrected chi connectivity index (χ2v) is 7.28. The molecule has 1 atom stereocenters. The largest absolute Gasteiger partial charge is 0.495 e. The van der Waals surface area contributed by atoms with Gasteiger partial charge in [-0.15, -0.1) is 0 Å². The topological polar surface area (TPSA) is 105 Å². The summed E-state index contributed by atoms with van der Waals surface area (Å²) in [6.45, 7) is -0.395. The fraction of sp³-hybridized carbons (Fsp3) is 0.500. The van der Waals surface area contributed by atoms with Crippen molar-refractivity contribution < 1.29 is 28.7 Å². The SMILES string of the molecule is COc1ccccc1N1C[C@H](C(=O)OCC(=O)N(C)CC(=O)NC2CC2)CC1=O. The number of methoxy groups -OCH3 is 1. The van der Waals surface area contributed by atoms with E-state index in [4.69, 9.17) is 9.47 Å². The summed E-state index contributed by atoms with van der Waals surface area (Å²) in [5.74, 6) is -1.66. The predicted octanol–water partition coefficient (Wildman–Crippen LogP) is 0.328. The van der Waals surface area contributed by atoms with Crippen molar-refractivity contribution in [2.75, 3.05) is 38.8 Å². The van der Waals surface area contributed by atoms with Crippen molar-refractivity contribution in [1.29, 1.82) is 0 Å². The lowest BCUT2D eigenvalue weighted by atomic mass is 10.1. The van der Waals surface area contributed by atoms with Gasteiger partial charge in [-0.25, -0.2) is 0 Å². The number of anilines is 1. The summed E-state index contributed by atoms with van der Waals surface area (Å²) in [5.41, 5.74) is 0.591. The summed E-state index contributed by atoms with van der Waals surface area (Å²) in [4.78, 5) is 51.3. The van der Waals surface area contributed by atoms with E-state index in [0.717, 1.165) is 12.8 Å². The Morgan fingerprint density at radius 1 is 1.24 bits per heavy atom. The van der Waals surface area contributed by atoms with Gasteiger partial charge in [0.1, 0.15) is 5.75 Å². The van der Waals surface area contributed by atoms with Crippen LogP contribution >= 0.6 is 0 Å². The second kappa shape index (κ2) is 8.93. The Balaban J connectivity index is 1.48. The molecule has 3 amide bonds. The molecule has 156 valence electrons. The van der Waals surface area contributed by atoms with Gasteiger partial charge in [0.25, 0.3) is 5.91 Å². The molecule has 0 spiro atoms. The lowest BCUT2D eigenvalue weighted by Crippen LogP contribution is -2.41. The summed E-state index contributed by atoms with van der Waals surface area (Å²) >= 11 is 0. The molecule has 1 aromatic rings. The van der Waals surface area contributed by atoms with Crippen LogP contribution in [0.15, 0.2) is 24.3 Å². The van der Waals surface area contributed by atoms with E-state index in [-0.39, 0.29) is 37.4 Å². The van der Waals surface area contributed by atoms with E-state index in [9.17, 15) is 19.2 Å². The molecule has 0 radical (unpaired) electrons. The summed E-state index contributed by atoms with van der Waals surface area (Å²) in [6.07, 6.45) is 1.94. The van der Waals surface area contributed by atoms with Crippen molar-refractivity contribution in [2.24, 2.45) is 5.92 Å². The molecule has 29 heavy (non-hydrogen) atoms. The molecule has 9 heteroatoms. The van der Waals surface area contributed by atoms with Crippen LogP contribution in [0.3, 0.4) is 0 Å². The minimum absolute atomic E-state index is 0.00467. The van der Waals surface area contributed by atoms with Gasteiger partial charge in [-0.1, -0.05) is 12.1 Å². The number of hydrogen-bond acceptors (Lipinski definition) is 6. The first-order valence-corrected chi connectivity index (χ1v) is 9.52. The summed E-state index contributed by atoms with van der Waals surface area (Å²) in [5, 5.41) is 2.79. The highest BCUT2D eigenvalue weighted by Gasteiger charge is 2.37. The maximum Gasteiger partial charge on any atom is 0.311 e. The normalized spacial score (nSPS) is 18.3. The molecule has 0 unspecified atom stereocenters. The number of rotatable bonds is 8. The minimum Gasteiger partial charge on any atom is -0.495 e. The van der Waals surface area contributed by atoms with E-state index in [2.05, 4.69) is 5.32 Å². The molecule has 1 saturated heterocycles. The van der Waals surface area contributed by atoms with E-state index in [0.29, 0.717) is 11.4 Å². The van der Waals surface area contributed by atoms with Crippen LogP contribution in [0.1, 0.15) is 19.3 Å². The molecule has 1 saturated carbocycles. The average Bonchev–Trinajstić information content (AvgIpc) is 3.43. The van der Waals surface area contributed by atoms with Gasteiger partial charge in [0.05, 0.1) is 25.3 Å². The molecule has 2 fully saturated rings. The van der Waals surface area contributed by atoms with Gasteiger partial charge >= 0.3 is 5.97 Å². The van der Waals surface area contributed by atoms with Crippen molar-refractivity contribution in [2.45, 2.75) is 25.3 Å². The van der Waals surface area contributed by atoms with Crippen molar-refractivity contribution >= 4 is 29.4 Å². The maximum absolute atomic E-state index is 12.4. The highest BCUT2D eigenvalue weighted by Crippen LogP contribution is 2.33. The van der Waals surface area contributed by atoms with Crippen LogP contribution in [0.5, 0.6) is 5.75 Å². The molecule has 0 bridgehead atoms. The van der Waals surface area contributed by atoms with Gasteiger partial charge in [0, 0.05) is 26.1 Å². The fourth-order valence-corrected chi connectivity index (χ4v) is 3.12. The number of nitrogens with one attached hydrogen (secondary N) is 1. The molecule has 1 aliphatic heterocycles. The lowest BCUT2D eigenvalue weighted by Gasteiger charge is -2.19. The minimum atomic E-state index is -0.663. The highest BCUT2D eigenvalue weighted by atomic mass is 16.5. The molecule has 1 aliphatic carbocycles. The molecule has 1 heterocycles. The van der Waals surface area contributed by atoms with Crippen molar-refractivity contribution in [3.63, 3.8) is 0 Å². The van der Waals surface area contributed by atoms with Crippen molar-refractivity contribution in [1.82, 2.24) is 10.2 Å². The maximum atomic E-state index is 12.4. The molecule has 3 rings (SSSR count). The van der Waals surface area contributed by atoms with Gasteiger partial charge in [-0.2, -0.15) is 0 Å². The van der Waals surface area contributed by atoms with E-state index in [1.165, 1.54) is 24.0 Å². The lowest BCUT2D eigenvalue weighted by molar-refractivity contribution is -0.155. The van der Waals surface area contributed by atoms with Gasteiger partial charge in [-0.05, 0) is 25.0 Å². The third kappa shape index (κ3) is 5.24. The first-order chi connectivity index (χ1) is 13.9. The third-order valence-corrected chi connectivity index (χ3v) is 4.92. The fourth-order valence-electron chi connectivity index (χ4n) is 3.12. The molecule has 9 nitrogen and oxygen atoms in total. The number of hydrogen-bond donors (Lipinski definition) is 1. The molecular weight excluding hydrogens is 378 g/mol. The zero-order valence-corrected chi connectivity index (χ0v) is 16.6. The zero-order valence-electron chi connectivity index (χ0n) is 16.6. The zero-order chi connectivity index (χ0) is 21.0. The number of amides is 3. The average molecular weight is 403 g/mol. The van der Waals surface area contributed by atoms with Crippen LogP contribution in [0.2, 0.25) is 0 Å². The molecule has 1 aromatic carbocycles. The third-order valence-electron chi connectivity index (χ3n) is 4.92. The van der Waals surface area contributed by atoms with Crippen LogP contribution in [0.4, 0.5) is 5.69 Å². The Morgan fingerprint density at radius 2 is 1.97 bits per heavy atom. The van der Waals surface area contributed by atoms with Gasteiger partial charge in [0.2, 0.25) is 11.8 Å². The summed E-state index contributed by atoms with van der Waals surface area (Å²) in [6, 6.07) is 7.28. The number of carbonyl (C=O) groups is 4. The number of benzene rings is 1. The van der Waals surface area contributed by atoms with Gasteiger partial charge in [0.15, 0.2) is 6.61 Å². The first-order valence-electron chi connectivity index (χ1n) is 9.52. The van der Waals surface area contributed by atoms with Crippen LogP contribution < -0.4 is 15.0 Å². The number of carbonyl (C=O) groups excluding carboxylic acids is 4. The Labute approximate surface area is 168 Å². The first kappa shape index (κ1) is 20.6. The Kier molecular flexibility index (Phi) is 6.36. The molecular formula is C20H25N3O6.